The van der Waals surface area contributed by atoms with E-state index >= 15 is 0 Å². The minimum absolute atomic E-state index is 0.0973. The first-order valence-corrected chi connectivity index (χ1v) is 8.11. The van der Waals surface area contributed by atoms with Crippen LogP contribution in [-0.4, -0.2) is 33.5 Å². The number of nitrogens with one attached hydrogen (secondary N) is 2. The molecule has 12 nitrogen and oxygen atoms in total. The lowest BCUT2D eigenvalue weighted by Gasteiger charge is -2.26. The van der Waals surface area contributed by atoms with Gasteiger partial charge in [0.2, 0.25) is 0 Å². The SMILES string of the molecule is N#CC1=Nc2c3c(c4nc(C#N)c(C#N)nc4c2NC1C#N)NC(C#N)C(C#N)=N3. The average Bonchev–Trinajstić information content (AvgIpc) is 2.81. The first-order valence-electron chi connectivity index (χ1n) is 8.11. The molecule has 2 aliphatic heterocycles. The maximum absolute atomic E-state index is 9.36. The average molecular weight is 388 g/mol. The van der Waals surface area contributed by atoms with Gasteiger partial charge in [-0.3, -0.25) is 0 Å². The fourth-order valence-electron chi connectivity index (χ4n) is 3.05. The van der Waals surface area contributed by atoms with E-state index < -0.39 is 12.1 Å². The molecule has 2 aliphatic rings. The number of fused-ring (bicyclic) bond motifs is 6. The summed E-state index contributed by atoms with van der Waals surface area (Å²) in [7, 11) is 0. The van der Waals surface area contributed by atoms with Gasteiger partial charge in [0.25, 0.3) is 0 Å². The van der Waals surface area contributed by atoms with E-state index in [0.29, 0.717) is 0 Å². The Kier molecular flexibility index (Phi) is 3.90. The third-order valence-corrected chi connectivity index (χ3v) is 4.36. The zero-order valence-electron chi connectivity index (χ0n) is 14.6. The predicted molar refractivity (Wildman–Crippen MR) is 100 cm³/mol. The van der Waals surface area contributed by atoms with Crippen molar-refractivity contribution in [2.24, 2.45) is 9.98 Å². The Morgan fingerprint density at radius 3 is 1.30 bits per heavy atom. The number of anilines is 2. The van der Waals surface area contributed by atoms with Crippen molar-refractivity contribution in [1.82, 2.24) is 9.97 Å². The number of aliphatic imine (C=N–C) groups is 2. The standard InChI is InChI=1S/C18H4N12/c19-1-7-8(2-20)26-14-13(25-7)15-17(29-10(4-22)9(3-21)27-15)18-16(14)28-11(5-23)12(6-24)30-18/h7,12,25,30H. The number of nitriles is 6. The maximum atomic E-state index is 9.36. The Bertz CT molecular complexity index is 1360. The van der Waals surface area contributed by atoms with Crippen LogP contribution in [-0.2, 0) is 0 Å². The van der Waals surface area contributed by atoms with Gasteiger partial charge in [0.05, 0.1) is 23.5 Å². The van der Waals surface area contributed by atoms with Gasteiger partial charge in [-0.15, -0.1) is 0 Å². The van der Waals surface area contributed by atoms with Crippen molar-refractivity contribution in [3.63, 3.8) is 0 Å². The maximum Gasteiger partial charge on any atom is 0.177 e. The molecule has 0 saturated carbocycles. The normalized spacial score (nSPS) is 18.1. The van der Waals surface area contributed by atoms with Gasteiger partial charge in [0.15, 0.2) is 34.9 Å². The highest BCUT2D eigenvalue weighted by molar-refractivity contribution is 6.21. The number of aromatic nitrogens is 2. The molecule has 0 aliphatic carbocycles. The summed E-state index contributed by atoms with van der Waals surface area (Å²) in [5.41, 5.74) is -0.0327. The van der Waals surface area contributed by atoms with E-state index in [1.807, 2.05) is 24.3 Å². The Morgan fingerprint density at radius 2 is 1.00 bits per heavy atom. The third kappa shape index (κ3) is 2.34. The highest BCUT2D eigenvalue weighted by Gasteiger charge is 2.34. The first kappa shape index (κ1) is 17.8. The van der Waals surface area contributed by atoms with E-state index in [0.717, 1.165) is 0 Å². The lowest BCUT2D eigenvalue weighted by atomic mass is 10.0. The second-order valence-corrected chi connectivity index (χ2v) is 5.92. The lowest BCUT2D eigenvalue weighted by Crippen LogP contribution is -2.32. The van der Waals surface area contributed by atoms with Gasteiger partial charge in [0.1, 0.15) is 46.7 Å². The van der Waals surface area contributed by atoms with E-state index in [2.05, 4.69) is 30.6 Å². The Morgan fingerprint density at radius 1 is 0.600 bits per heavy atom. The zero-order chi connectivity index (χ0) is 21.4. The van der Waals surface area contributed by atoms with Crippen LogP contribution in [0.2, 0.25) is 0 Å². The van der Waals surface area contributed by atoms with Gasteiger partial charge in [-0.1, -0.05) is 0 Å². The molecular weight excluding hydrogens is 384 g/mol. The van der Waals surface area contributed by atoms with Gasteiger partial charge < -0.3 is 10.6 Å². The molecule has 0 bridgehead atoms. The van der Waals surface area contributed by atoms with Crippen LogP contribution in [0.5, 0.6) is 0 Å². The Balaban J connectivity index is 2.21. The number of hydrogen-bond acceptors (Lipinski definition) is 12. The number of benzene rings is 1. The molecule has 1 aromatic carbocycles. The highest BCUT2D eigenvalue weighted by atomic mass is 15.1. The summed E-state index contributed by atoms with van der Waals surface area (Å²) in [6, 6.07) is 8.87. The number of hydrogen-bond donors (Lipinski definition) is 2. The smallest absolute Gasteiger partial charge is 0.177 e. The Labute approximate surface area is 167 Å². The van der Waals surface area contributed by atoms with Crippen molar-refractivity contribution >= 4 is 45.2 Å². The van der Waals surface area contributed by atoms with Crippen molar-refractivity contribution in [3.05, 3.63) is 11.4 Å². The van der Waals surface area contributed by atoms with Crippen molar-refractivity contribution in [2.75, 3.05) is 10.6 Å². The summed E-state index contributed by atoms with van der Waals surface area (Å²) >= 11 is 0. The van der Waals surface area contributed by atoms with Crippen molar-refractivity contribution < 1.29 is 0 Å². The molecule has 2 atom stereocenters. The van der Waals surface area contributed by atoms with Gasteiger partial charge in [-0.05, 0) is 0 Å². The van der Waals surface area contributed by atoms with E-state index in [9.17, 15) is 31.6 Å². The molecule has 0 saturated heterocycles. The molecule has 0 amide bonds. The second-order valence-electron chi connectivity index (χ2n) is 5.92. The van der Waals surface area contributed by atoms with Crippen LogP contribution in [0.15, 0.2) is 9.98 Å². The van der Waals surface area contributed by atoms with Crippen LogP contribution < -0.4 is 10.6 Å². The molecule has 12 heteroatoms. The van der Waals surface area contributed by atoms with E-state index in [1.165, 1.54) is 0 Å². The molecule has 0 radical (unpaired) electrons. The quantitative estimate of drug-likeness (QED) is 0.656. The van der Waals surface area contributed by atoms with Gasteiger partial charge in [-0.2, -0.15) is 31.6 Å². The van der Waals surface area contributed by atoms with E-state index in [1.54, 1.807) is 12.1 Å². The summed E-state index contributed by atoms with van der Waals surface area (Å²) < 4.78 is 0. The van der Waals surface area contributed by atoms with E-state index in [-0.39, 0.29) is 56.6 Å². The summed E-state index contributed by atoms with van der Waals surface area (Å²) in [4.78, 5) is 16.8. The van der Waals surface area contributed by atoms with Crippen molar-refractivity contribution in [1.29, 1.82) is 31.6 Å². The lowest BCUT2D eigenvalue weighted by molar-refractivity contribution is 1.11. The van der Waals surface area contributed by atoms with Crippen LogP contribution in [0.25, 0.3) is 11.0 Å². The second kappa shape index (κ2) is 6.55. The van der Waals surface area contributed by atoms with Crippen LogP contribution in [0.3, 0.4) is 0 Å². The molecular formula is C18H4N12. The summed E-state index contributed by atoms with van der Waals surface area (Å²) in [6.45, 7) is 0. The molecule has 0 fully saturated rings. The molecule has 2 unspecified atom stereocenters. The summed E-state index contributed by atoms with van der Waals surface area (Å²) in [6.07, 6.45) is 0. The zero-order valence-corrected chi connectivity index (χ0v) is 14.6. The first-order chi connectivity index (χ1) is 14.6. The summed E-state index contributed by atoms with van der Waals surface area (Å²) in [5, 5.41) is 61.7. The fourth-order valence-corrected chi connectivity index (χ4v) is 3.05. The third-order valence-electron chi connectivity index (χ3n) is 4.36. The van der Waals surface area contributed by atoms with Crippen molar-refractivity contribution in [2.45, 2.75) is 12.1 Å². The minimum Gasteiger partial charge on any atom is -0.361 e. The van der Waals surface area contributed by atoms with Gasteiger partial charge in [-0.25, -0.2) is 20.0 Å². The molecule has 4 rings (SSSR count). The molecule has 30 heavy (non-hydrogen) atoms. The molecule has 2 N–H and O–H groups in total. The molecule has 3 heterocycles. The highest BCUT2D eigenvalue weighted by Crippen LogP contribution is 2.50. The largest absolute Gasteiger partial charge is 0.361 e. The Hall–Kier alpha value is -5.56. The molecule has 0 spiro atoms. The minimum atomic E-state index is -1.09. The molecule has 1 aromatic heterocycles. The topological polar surface area (TPSA) is 217 Å². The van der Waals surface area contributed by atoms with Crippen LogP contribution in [0, 0.1) is 68.0 Å². The van der Waals surface area contributed by atoms with Gasteiger partial charge >= 0.3 is 0 Å². The fraction of sp³-hybridized carbons (Fsp3) is 0.111. The monoisotopic (exact) mass is 388 g/mol. The van der Waals surface area contributed by atoms with Crippen LogP contribution in [0.1, 0.15) is 11.4 Å². The molecule has 2 aromatic rings. The number of rotatable bonds is 0. The van der Waals surface area contributed by atoms with Crippen LogP contribution >= 0.6 is 0 Å². The van der Waals surface area contributed by atoms with Crippen molar-refractivity contribution in [3.8, 4) is 36.4 Å². The van der Waals surface area contributed by atoms with Crippen LogP contribution in [0.4, 0.5) is 22.7 Å². The summed E-state index contributed by atoms with van der Waals surface area (Å²) in [5.74, 6) is 0. The van der Waals surface area contributed by atoms with Gasteiger partial charge in [0, 0.05) is 0 Å². The predicted octanol–water partition coefficient (Wildman–Crippen LogP) is 1.20. The molecule has 136 valence electrons. The number of nitrogens with zero attached hydrogens (tertiary/aromatic N) is 10. The van der Waals surface area contributed by atoms with E-state index in [4.69, 9.17) is 0 Å².